The fourth-order valence-electron chi connectivity index (χ4n) is 3.64. The first-order chi connectivity index (χ1) is 12.4. The van der Waals surface area contributed by atoms with Gasteiger partial charge in [0.25, 0.3) is 5.56 Å². The Balaban J connectivity index is 2.47. The van der Waals surface area contributed by atoms with E-state index in [1.807, 2.05) is 20.8 Å². The Morgan fingerprint density at radius 3 is 2.58 bits per heavy atom. The summed E-state index contributed by atoms with van der Waals surface area (Å²) < 4.78 is 1.49. The SMILES string of the molecule is C=c1cc(C)c2c(n1)C(=O)c1c(c(CCC)cc(=O)n1CCCC)C=2O. The lowest BCUT2D eigenvalue weighted by atomic mass is 9.90. The quantitative estimate of drug-likeness (QED) is 0.893. The van der Waals surface area contributed by atoms with Crippen molar-refractivity contribution >= 4 is 18.1 Å². The van der Waals surface area contributed by atoms with Crippen molar-refractivity contribution in [2.75, 3.05) is 0 Å². The molecule has 0 fully saturated rings. The lowest BCUT2D eigenvalue weighted by molar-refractivity contribution is 0.102. The highest BCUT2D eigenvalue weighted by atomic mass is 16.3. The second-order valence-corrected chi connectivity index (χ2v) is 6.82. The maximum Gasteiger partial charge on any atom is 0.251 e. The van der Waals surface area contributed by atoms with Crippen LogP contribution < -0.4 is 16.1 Å². The molecule has 0 atom stereocenters. The van der Waals surface area contributed by atoms with Gasteiger partial charge in [-0.15, -0.1) is 0 Å². The van der Waals surface area contributed by atoms with Gasteiger partial charge >= 0.3 is 0 Å². The number of hydrogen-bond donors (Lipinski definition) is 1. The largest absolute Gasteiger partial charge is 0.507 e. The number of pyridine rings is 2. The summed E-state index contributed by atoms with van der Waals surface area (Å²) in [6.07, 6.45) is 3.12. The zero-order valence-electron chi connectivity index (χ0n) is 15.6. The van der Waals surface area contributed by atoms with Crippen LogP contribution in [0, 0.1) is 6.92 Å². The molecule has 2 heterocycles. The van der Waals surface area contributed by atoms with Crippen molar-refractivity contribution < 1.29 is 9.90 Å². The second-order valence-electron chi connectivity index (χ2n) is 6.82. The summed E-state index contributed by atoms with van der Waals surface area (Å²) in [5, 5.41) is 12.0. The number of ketones is 1. The minimum Gasteiger partial charge on any atom is -0.507 e. The lowest BCUT2D eigenvalue weighted by Gasteiger charge is -2.23. The molecule has 136 valence electrons. The summed E-state index contributed by atoms with van der Waals surface area (Å²) in [6, 6.07) is 3.31. The molecule has 1 N–H and O–H groups in total. The van der Waals surface area contributed by atoms with Gasteiger partial charge in [-0.3, -0.25) is 9.59 Å². The number of hydrogen-bond acceptors (Lipinski definition) is 4. The standard InChI is InChI=1S/C21H24N2O3/c1-5-7-9-23-15(24)11-14(8-6-2)17-19(23)21(26)18-16(20(17)25)12(3)10-13(4)22-18/h10-11,25H,4-9H2,1-3H3. The smallest absolute Gasteiger partial charge is 0.251 e. The Morgan fingerprint density at radius 1 is 1.19 bits per heavy atom. The van der Waals surface area contributed by atoms with E-state index in [-0.39, 0.29) is 28.5 Å². The number of aryl methyl sites for hydroxylation is 2. The number of aliphatic hydroxyl groups is 1. The molecule has 2 aromatic rings. The third-order valence-electron chi connectivity index (χ3n) is 4.82. The molecule has 1 aliphatic carbocycles. The van der Waals surface area contributed by atoms with Crippen LogP contribution >= 0.6 is 0 Å². The van der Waals surface area contributed by atoms with Crippen molar-refractivity contribution in [3.63, 3.8) is 0 Å². The molecule has 2 aromatic heterocycles. The van der Waals surface area contributed by atoms with Gasteiger partial charge in [-0.25, -0.2) is 4.98 Å². The van der Waals surface area contributed by atoms with Gasteiger partial charge in [0.2, 0.25) is 5.78 Å². The third-order valence-corrected chi connectivity index (χ3v) is 4.82. The topological polar surface area (TPSA) is 72.2 Å². The first-order valence-electron chi connectivity index (χ1n) is 9.12. The Labute approximate surface area is 152 Å². The minimum absolute atomic E-state index is 0.0355. The minimum atomic E-state index is -0.312. The van der Waals surface area contributed by atoms with E-state index in [4.69, 9.17) is 0 Å². The van der Waals surface area contributed by atoms with Gasteiger partial charge in [0, 0.05) is 23.4 Å². The maximum atomic E-state index is 13.3. The molecule has 0 aliphatic heterocycles. The van der Waals surface area contributed by atoms with E-state index in [2.05, 4.69) is 11.6 Å². The molecule has 0 saturated carbocycles. The average molecular weight is 352 g/mol. The van der Waals surface area contributed by atoms with E-state index in [0.29, 0.717) is 29.1 Å². The maximum absolute atomic E-state index is 13.3. The number of carbonyl (C=O) groups is 1. The van der Waals surface area contributed by atoms with E-state index in [9.17, 15) is 14.7 Å². The fraction of sp³-hybridized carbons (Fsp3) is 0.381. The Kier molecular flexibility index (Phi) is 4.81. The van der Waals surface area contributed by atoms with Gasteiger partial charge in [0.1, 0.15) is 17.1 Å². The van der Waals surface area contributed by atoms with E-state index in [0.717, 1.165) is 30.4 Å². The highest BCUT2D eigenvalue weighted by molar-refractivity contribution is 6.12. The molecule has 0 unspecified atom stereocenters. The van der Waals surface area contributed by atoms with Crippen molar-refractivity contribution in [1.29, 1.82) is 0 Å². The van der Waals surface area contributed by atoms with Crippen LogP contribution in [-0.2, 0) is 13.0 Å². The Morgan fingerprint density at radius 2 is 1.92 bits per heavy atom. The molecule has 0 radical (unpaired) electrons. The summed E-state index contributed by atoms with van der Waals surface area (Å²) in [5.41, 5.74) is 2.20. The monoisotopic (exact) mass is 352 g/mol. The number of aliphatic hydroxyl groups excluding tert-OH is 1. The first-order valence-corrected chi connectivity index (χ1v) is 9.12. The summed E-state index contributed by atoms with van der Waals surface area (Å²) in [7, 11) is 0. The number of aromatic nitrogens is 2. The van der Waals surface area contributed by atoms with Gasteiger partial charge in [-0.1, -0.05) is 33.3 Å². The van der Waals surface area contributed by atoms with Gasteiger partial charge in [0.15, 0.2) is 0 Å². The zero-order chi connectivity index (χ0) is 19.0. The molecule has 5 nitrogen and oxygen atoms in total. The highest BCUT2D eigenvalue weighted by Crippen LogP contribution is 2.26. The molecule has 0 amide bonds. The molecule has 26 heavy (non-hydrogen) atoms. The summed E-state index contributed by atoms with van der Waals surface area (Å²) in [6.45, 7) is 10.1. The summed E-state index contributed by atoms with van der Waals surface area (Å²) in [4.78, 5) is 30.2. The van der Waals surface area contributed by atoms with Crippen LogP contribution in [0.15, 0.2) is 16.9 Å². The molecule has 0 saturated heterocycles. The summed E-state index contributed by atoms with van der Waals surface area (Å²) in [5.74, 6) is -0.277. The number of nitrogens with zero attached hydrogens (tertiary/aromatic N) is 2. The van der Waals surface area contributed by atoms with Crippen molar-refractivity contribution in [3.05, 3.63) is 61.1 Å². The van der Waals surface area contributed by atoms with E-state index in [1.54, 1.807) is 12.1 Å². The Hall–Kier alpha value is -2.69. The molecule has 0 spiro atoms. The highest BCUT2D eigenvalue weighted by Gasteiger charge is 2.31. The van der Waals surface area contributed by atoms with Gasteiger partial charge in [-0.05, 0) is 37.0 Å². The Bertz CT molecular complexity index is 1060. The zero-order valence-corrected chi connectivity index (χ0v) is 15.6. The second kappa shape index (κ2) is 6.90. The number of unbranched alkanes of at least 4 members (excludes halogenated alkanes) is 1. The van der Waals surface area contributed by atoms with E-state index >= 15 is 0 Å². The van der Waals surface area contributed by atoms with Crippen LogP contribution in [0.3, 0.4) is 0 Å². The van der Waals surface area contributed by atoms with Crippen LogP contribution in [0.25, 0.3) is 12.3 Å². The van der Waals surface area contributed by atoms with Gasteiger partial charge in [-0.2, -0.15) is 0 Å². The van der Waals surface area contributed by atoms with E-state index in [1.165, 1.54) is 4.57 Å². The molecule has 0 bridgehead atoms. The number of carbonyl (C=O) groups excluding carboxylic acids is 1. The fourth-order valence-corrected chi connectivity index (χ4v) is 3.64. The molecule has 0 aromatic carbocycles. The van der Waals surface area contributed by atoms with Gasteiger partial charge < -0.3 is 9.67 Å². The lowest BCUT2D eigenvalue weighted by Crippen LogP contribution is -2.38. The molecule has 5 heteroatoms. The predicted molar refractivity (Wildman–Crippen MR) is 102 cm³/mol. The molecule has 3 rings (SSSR count). The van der Waals surface area contributed by atoms with Crippen molar-refractivity contribution in [2.45, 2.75) is 53.0 Å². The van der Waals surface area contributed by atoms with Crippen molar-refractivity contribution in [1.82, 2.24) is 9.55 Å². The van der Waals surface area contributed by atoms with Crippen molar-refractivity contribution in [3.8, 4) is 0 Å². The van der Waals surface area contributed by atoms with Crippen LogP contribution in [0.4, 0.5) is 0 Å². The van der Waals surface area contributed by atoms with Crippen LogP contribution in [0.5, 0.6) is 0 Å². The normalized spacial score (nSPS) is 12.9. The van der Waals surface area contributed by atoms with Crippen LogP contribution in [0.1, 0.15) is 66.0 Å². The van der Waals surface area contributed by atoms with Crippen LogP contribution in [0.2, 0.25) is 0 Å². The van der Waals surface area contributed by atoms with Gasteiger partial charge in [0.05, 0.1) is 5.35 Å². The molecule has 1 aliphatic rings. The number of fused-ring (bicyclic) bond motifs is 2. The number of rotatable bonds is 5. The van der Waals surface area contributed by atoms with Crippen molar-refractivity contribution in [2.24, 2.45) is 0 Å². The van der Waals surface area contributed by atoms with Crippen LogP contribution in [-0.4, -0.2) is 20.4 Å². The molecular weight excluding hydrogens is 328 g/mol. The first kappa shape index (κ1) is 18.1. The predicted octanol–water partition coefficient (Wildman–Crippen LogP) is 1.97. The average Bonchev–Trinajstić information content (AvgIpc) is 2.58. The summed E-state index contributed by atoms with van der Waals surface area (Å²) >= 11 is 0. The molecular formula is C21H24N2O3. The van der Waals surface area contributed by atoms with E-state index < -0.39 is 0 Å². The third kappa shape index (κ3) is 2.77.